The van der Waals surface area contributed by atoms with Crippen molar-refractivity contribution in [1.29, 1.82) is 0 Å². The molecular formula is C13H19N5S. The van der Waals surface area contributed by atoms with Crippen molar-refractivity contribution in [3.8, 4) is 0 Å². The van der Waals surface area contributed by atoms with Gasteiger partial charge in [0.1, 0.15) is 17.5 Å². The molecule has 0 aliphatic heterocycles. The van der Waals surface area contributed by atoms with Crippen LogP contribution in [-0.2, 0) is 6.54 Å². The number of aryl methyl sites for hydroxylation is 1. The minimum absolute atomic E-state index is 0.261. The molecule has 0 amide bonds. The molecule has 102 valence electrons. The summed E-state index contributed by atoms with van der Waals surface area (Å²) in [6.45, 7) is 6.84. The van der Waals surface area contributed by atoms with Gasteiger partial charge in [-0.3, -0.25) is 0 Å². The smallest absolute Gasteiger partial charge is 0.135 e. The van der Waals surface area contributed by atoms with Crippen LogP contribution in [0.4, 0.5) is 11.6 Å². The van der Waals surface area contributed by atoms with Gasteiger partial charge in [0.2, 0.25) is 0 Å². The van der Waals surface area contributed by atoms with Gasteiger partial charge >= 0.3 is 0 Å². The van der Waals surface area contributed by atoms with Gasteiger partial charge in [-0.15, -0.1) is 11.3 Å². The first-order valence-corrected chi connectivity index (χ1v) is 7.10. The van der Waals surface area contributed by atoms with Crippen molar-refractivity contribution in [1.82, 2.24) is 15.0 Å². The van der Waals surface area contributed by atoms with Crippen LogP contribution >= 0.6 is 11.3 Å². The summed E-state index contributed by atoms with van der Waals surface area (Å²) in [7, 11) is 1.99. The van der Waals surface area contributed by atoms with Crippen molar-refractivity contribution in [3.05, 3.63) is 28.0 Å². The number of nitrogens with zero attached hydrogens (tertiary/aromatic N) is 4. The van der Waals surface area contributed by atoms with Crippen LogP contribution in [0.15, 0.2) is 11.4 Å². The topological polar surface area (TPSA) is 67.9 Å². The molecule has 0 aromatic carbocycles. The molecule has 0 unspecified atom stereocenters. The number of rotatable bonds is 4. The number of hydrogen-bond acceptors (Lipinski definition) is 6. The highest BCUT2D eigenvalue weighted by atomic mass is 32.1. The summed E-state index contributed by atoms with van der Waals surface area (Å²) in [6.07, 6.45) is 0. The summed E-state index contributed by atoms with van der Waals surface area (Å²) >= 11 is 1.66. The summed E-state index contributed by atoms with van der Waals surface area (Å²) in [4.78, 5) is 15.3. The van der Waals surface area contributed by atoms with E-state index in [4.69, 9.17) is 5.73 Å². The fourth-order valence-corrected chi connectivity index (χ4v) is 2.33. The summed E-state index contributed by atoms with van der Waals surface area (Å²) in [5.74, 6) is 2.38. The van der Waals surface area contributed by atoms with Crippen LogP contribution < -0.4 is 10.6 Å². The third-order valence-corrected chi connectivity index (χ3v) is 3.55. The highest BCUT2D eigenvalue weighted by molar-refractivity contribution is 7.09. The van der Waals surface area contributed by atoms with E-state index in [-0.39, 0.29) is 5.92 Å². The van der Waals surface area contributed by atoms with Crippen LogP contribution in [-0.4, -0.2) is 22.0 Å². The maximum atomic E-state index is 5.84. The molecule has 0 saturated carbocycles. The van der Waals surface area contributed by atoms with E-state index in [1.165, 1.54) is 0 Å². The first-order valence-electron chi connectivity index (χ1n) is 6.22. The minimum Gasteiger partial charge on any atom is -0.384 e. The summed E-state index contributed by atoms with van der Waals surface area (Å²) in [5.41, 5.74) is 6.89. The molecule has 0 fully saturated rings. The zero-order valence-electron chi connectivity index (χ0n) is 11.7. The molecule has 0 radical (unpaired) electrons. The Morgan fingerprint density at radius 2 is 2.05 bits per heavy atom. The van der Waals surface area contributed by atoms with Crippen LogP contribution in [0.5, 0.6) is 0 Å². The van der Waals surface area contributed by atoms with Gasteiger partial charge in [0.05, 0.1) is 17.2 Å². The highest BCUT2D eigenvalue weighted by Crippen LogP contribution is 2.19. The van der Waals surface area contributed by atoms with Gasteiger partial charge in [-0.2, -0.15) is 0 Å². The molecule has 0 bridgehead atoms. The number of anilines is 2. The average Bonchev–Trinajstić information content (AvgIpc) is 2.73. The van der Waals surface area contributed by atoms with E-state index in [2.05, 4.69) is 34.2 Å². The second kappa shape index (κ2) is 5.52. The lowest BCUT2D eigenvalue weighted by Crippen LogP contribution is -2.19. The summed E-state index contributed by atoms with van der Waals surface area (Å²) < 4.78 is 0. The number of thiazole rings is 1. The van der Waals surface area contributed by atoms with Crippen LogP contribution in [0.25, 0.3) is 0 Å². The molecule has 2 N–H and O–H groups in total. The van der Waals surface area contributed by atoms with Crippen LogP contribution in [0.3, 0.4) is 0 Å². The molecule has 2 rings (SSSR count). The SMILES string of the molecule is Cc1nc(CN(C)c2cc(N)nc(C(C)C)n2)cs1. The number of aromatic nitrogens is 3. The Balaban J connectivity index is 2.20. The van der Waals surface area contributed by atoms with Crippen molar-refractivity contribution in [2.45, 2.75) is 33.2 Å². The Kier molecular flexibility index (Phi) is 3.99. The normalized spacial score (nSPS) is 11.0. The van der Waals surface area contributed by atoms with Gasteiger partial charge < -0.3 is 10.6 Å². The number of nitrogens with two attached hydrogens (primary N) is 1. The zero-order valence-corrected chi connectivity index (χ0v) is 12.5. The Morgan fingerprint density at radius 3 is 2.63 bits per heavy atom. The second-order valence-corrected chi connectivity index (χ2v) is 5.94. The van der Waals surface area contributed by atoms with Crippen LogP contribution in [0.1, 0.15) is 36.3 Å². The van der Waals surface area contributed by atoms with E-state index in [9.17, 15) is 0 Å². The minimum atomic E-state index is 0.261. The van der Waals surface area contributed by atoms with Gasteiger partial charge in [0, 0.05) is 24.4 Å². The van der Waals surface area contributed by atoms with E-state index in [0.29, 0.717) is 5.82 Å². The fourth-order valence-electron chi connectivity index (χ4n) is 1.73. The molecule has 0 aliphatic rings. The Hall–Kier alpha value is -1.69. The monoisotopic (exact) mass is 277 g/mol. The average molecular weight is 277 g/mol. The molecule has 2 aromatic rings. The molecule has 6 heteroatoms. The van der Waals surface area contributed by atoms with Gasteiger partial charge in [0.25, 0.3) is 0 Å². The van der Waals surface area contributed by atoms with E-state index in [1.54, 1.807) is 17.4 Å². The number of hydrogen-bond donors (Lipinski definition) is 1. The van der Waals surface area contributed by atoms with Crippen molar-refractivity contribution < 1.29 is 0 Å². The molecule has 0 saturated heterocycles. The van der Waals surface area contributed by atoms with Crippen molar-refractivity contribution in [2.24, 2.45) is 0 Å². The predicted molar refractivity (Wildman–Crippen MR) is 79.5 cm³/mol. The van der Waals surface area contributed by atoms with Crippen LogP contribution in [0.2, 0.25) is 0 Å². The van der Waals surface area contributed by atoms with Gasteiger partial charge in [-0.25, -0.2) is 15.0 Å². The van der Waals surface area contributed by atoms with E-state index < -0.39 is 0 Å². The van der Waals surface area contributed by atoms with Gasteiger partial charge in [-0.05, 0) is 6.92 Å². The van der Waals surface area contributed by atoms with E-state index >= 15 is 0 Å². The largest absolute Gasteiger partial charge is 0.384 e. The molecule has 2 aromatic heterocycles. The lowest BCUT2D eigenvalue weighted by Gasteiger charge is -2.18. The molecule has 2 heterocycles. The third-order valence-electron chi connectivity index (χ3n) is 2.72. The standard InChI is InChI=1S/C13H19N5S/c1-8(2)13-16-11(14)5-12(17-13)18(4)6-10-7-19-9(3)15-10/h5,7-8H,6H2,1-4H3,(H2,14,16,17). The fraction of sp³-hybridized carbons (Fsp3) is 0.462. The lowest BCUT2D eigenvalue weighted by molar-refractivity contribution is 0.763. The predicted octanol–water partition coefficient (Wildman–Crippen LogP) is 2.58. The Bertz CT molecular complexity index is 564. The maximum Gasteiger partial charge on any atom is 0.135 e. The van der Waals surface area contributed by atoms with Crippen molar-refractivity contribution in [3.63, 3.8) is 0 Å². The van der Waals surface area contributed by atoms with Gasteiger partial charge in [-0.1, -0.05) is 13.8 Å². The molecule has 19 heavy (non-hydrogen) atoms. The number of nitrogen functional groups attached to an aromatic ring is 1. The van der Waals surface area contributed by atoms with Crippen molar-refractivity contribution >= 4 is 23.0 Å². The highest BCUT2D eigenvalue weighted by Gasteiger charge is 2.11. The quantitative estimate of drug-likeness (QED) is 0.930. The Morgan fingerprint density at radius 1 is 1.32 bits per heavy atom. The van der Waals surface area contributed by atoms with Crippen molar-refractivity contribution in [2.75, 3.05) is 17.7 Å². The molecule has 5 nitrogen and oxygen atoms in total. The first kappa shape index (κ1) is 13.7. The summed E-state index contributed by atoms with van der Waals surface area (Å²) in [6, 6.07) is 1.80. The first-order chi connectivity index (χ1) is 8.95. The molecule has 0 atom stereocenters. The molecule has 0 aliphatic carbocycles. The lowest BCUT2D eigenvalue weighted by atomic mass is 10.2. The van der Waals surface area contributed by atoms with E-state index in [1.807, 2.05) is 18.9 Å². The summed E-state index contributed by atoms with van der Waals surface area (Å²) in [5, 5.41) is 3.15. The van der Waals surface area contributed by atoms with E-state index in [0.717, 1.165) is 28.9 Å². The second-order valence-electron chi connectivity index (χ2n) is 4.88. The molecule has 0 spiro atoms. The third kappa shape index (κ3) is 3.41. The van der Waals surface area contributed by atoms with Crippen LogP contribution in [0, 0.1) is 6.92 Å². The Labute approximate surface area is 117 Å². The molecular weight excluding hydrogens is 258 g/mol. The van der Waals surface area contributed by atoms with Gasteiger partial charge in [0.15, 0.2) is 0 Å². The zero-order chi connectivity index (χ0) is 14.0. The maximum absolute atomic E-state index is 5.84.